The normalized spacial score (nSPS) is 23.1. The van der Waals surface area contributed by atoms with E-state index in [4.69, 9.17) is 12.2 Å². The van der Waals surface area contributed by atoms with Gasteiger partial charge in [-0.05, 0) is 56.6 Å². The first-order valence-electron chi connectivity index (χ1n) is 12.6. The van der Waals surface area contributed by atoms with Crippen molar-refractivity contribution >= 4 is 46.1 Å². The van der Waals surface area contributed by atoms with Gasteiger partial charge in [0, 0.05) is 31.2 Å². The van der Waals surface area contributed by atoms with Gasteiger partial charge in [-0.1, -0.05) is 57.1 Å². The number of nitriles is 1. The van der Waals surface area contributed by atoms with Crippen molar-refractivity contribution < 1.29 is 4.79 Å². The average molecular weight is 499 g/mol. The molecule has 3 fully saturated rings. The van der Waals surface area contributed by atoms with Gasteiger partial charge in [0.15, 0.2) is 0 Å². The second-order valence-corrected chi connectivity index (χ2v) is 11.5. The summed E-state index contributed by atoms with van der Waals surface area (Å²) in [6, 6.07) is 2.32. The number of anilines is 1. The van der Waals surface area contributed by atoms with E-state index in [9.17, 15) is 14.9 Å². The molecule has 8 heteroatoms. The maximum absolute atomic E-state index is 13.5. The topological polar surface area (TPSA) is 69.3 Å². The molecule has 1 saturated carbocycles. The molecule has 1 aromatic heterocycles. The van der Waals surface area contributed by atoms with Crippen LogP contribution in [-0.2, 0) is 11.3 Å². The van der Waals surface area contributed by atoms with Crippen molar-refractivity contribution in [1.29, 1.82) is 5.26 Å². The summed E-state index contributed by atoms with van der Waals surface area (Å²) in [5.41, 5.74) is 1.39. The fourth-order valence-corrected chi connectivity index (χ4v) is 6.94. The molecule has 1 atom stereocenters. The van der Waals surface area contributed by atoms with Crippen LogP contribution in [0.1, 0.15) is 81.9 Å². The van der Waals surface area contributed by atoms with E-state index in [1.807, 2.05) is 24.8 Å². The molecule has 1 aliphatic carbocycles. The number of aromatic nitrogens is 1. The minimum atomic E-state index is -0.234. The number of nitrogens with zero attached hydrogens (tertiary/aromatic N) is 4. The SMILES string of the molecule is CCCn1c(N2CCCC(C)C2)c(C=C2SC(=S)N(C3CCCCC3)C2=O)c(C)c(C#N)c1=O. The molecular weight excluding hydrogens is 464 g/mol. The van der Waals surface area contributed by atoms with Crippen molar-refractivity contribution in [2.24, 2.45) is 5.92 Å². The van der Waals surface area contributed by atoms with Crippen LogP contribution in [0.2, 0.25) is 0 Å². The number of pyridine rings is 1. The van der Waals surface area contributed by atoms with Gasteiger partial charge in [-0.2, -0.15) is 5.26 Å². The van der Waals surface area contributed by atoms with Crippen LogP contribution in [-0.4, -0.2) is 38.8 Å². The average Bonchev–Trinajstić information content (AvgIpc) is 3.10. The zero-order valence-corrected chi connectivity index (χ0v) is 22.1. The van der Waals surface area contributed by atoms with E-state index in [1.54, 1.807) is 4.57 Å². The van der Waals surface area contributed by atoms with Crippen LogP contribution in [0.15, 0.2) is 9.70 Å². The van der Waals surface area contributed by atoms with E-state index in [0.717, 1.165) is 63.0 Å². The quantitative estimate of drug-likeness (QED) is 0.410. The highest BCUT2D eigenvalue weighted by Crippen LogP contribution is 2.39. The zero-order chi connectivity index (χ0) is 24.4. The lowest BCUT2D eigenvalue weighted by molar-refractivity contribution is -0.124. The summed E-state index contributed by atoms with van der Waals surface area (Å²) in [5, 5.41) is 9.83. The van der Waals surface area contributed by atoms with Gasteiger partial charge >= 0.3 is 0 Å². The number of piperidine rings is 1. The minimum Gasteiger partial charge on any atom is -0.357 e. The lowest BCUT2D eigenvalue weighted by atomic mass is 9.94. The van der Waals surface area contributed by atoms with Crippen molar-refractivity contribution in [3.63, 3.8) is 0 Å². The molecule has 2 saturated heterocycles. The second-order valence-electron chi connectivity index (χ2n) is 9.84. The Balaban J connectivity index is 1.85. The Morgan fingerprint density at radius 1 is 1.18 bits per heavy atom. The van der Waals surface area contributed by atoms with Crippen molar-refractivity contribution in [2.45, 2.75) is 84.7 Å². The fourth-order valence-electron chi connectivity index (χ4n) is 5.56. The Kier molecular flexibility index (Phi) is 7.83. The molecule has 6 nitrogen and oxygen atoms in total. The van der Waals surface area contributed by atoms with Crippen LogP contribution in [0.4, 0.5) is 5.82 Å². The van der Waals surface area contributed by atoms with Gasteiger partial charge in [-0.3, -0.25) is 19.1 Å². The molecule has 182 valence electrons. The highest BCUT2D eigenvalue weighted by Gasteiger charge is 2.38. The van der Waals surface area contributed by atoms with E-state index in [0.29, 0.717) is 27.3 Å². The Labute approximate surface area is 212 Å². The van der Waals surface area contributed by atoms with Crippen molar-refractivity contribution in [1.82, 2.24) is 9.47 Å². The molecule has 0 radical (unpaired) electrons. The van der Waals surface area contributed by atoms with Crippen LogP contribution < -0.4 is 10.5 Å². The maximum atomic E-state index is 13.5. The first kappa shape index (κ1) is 25.0. The molecule has 3 heterocycles. The number of amides is 1. The van der Waals surface area contributed by atoms with Crippen LogP contribution in [0.3, 0.4) is 0 Å². The van der Waals surface area contributed by atoms with Gasteiger partial charge in [0.25, 0.3) is 11.5 Å². The van der Waals surface area contributed by atoms with Crippen LogP contribution in [0, 0.1) is 24.2 Å². The summed E-state index contributed by atoms with van der Waals surface area (Å²) in [7, 11) is 0. The van der Waals surface area contributed by atoms with E-state index < -0.39 is 0 Å². The predicted octanol–water partition coefficient (Wildman–Crippen LogP) is 5.21. The molecular formula is C26H34N4O2S2. The molecule has 0 bridgehead atoms. The summed E-state index contributed by atoms with van der Waals surface area (Å²) in [6.07, 6.45) is 10.4. The van der Waals surface area contributed by atoms with Crippen LogP contribution >= 0.6 is 24.0 Å². The van der Waals surface area contributed by atoms with Gasteiger partial charge in [-0.15, -0.1) is 0 Å². The third-order valence-electron chi connectivity index (χ3n) is 7.29. The zero-order valence-electron chi connectivity index (χ0n) is 20.4. The first-order chi connectivity index (χ1) is 16.4. The molecule has 3 aliphatic rings. The number of carbonyl (C=O) groups excluding carboxylic acids is 1. The number of rotatable bonds is 5. The van der Waals surface area contributed by atoms with Crippen molar-refractivity contribution in [3.05, 3.63) is 31.9 Å². The van der Waals surface area contributed by atoms with Gasteiger partial charge in [0.05, 0.1) is 4.91 Å². The fraction of sp³-hybridized carbons (Fsp3) is 0.615. The summed E-state index contributed by atoms with van der Waals surface area (Å²) >= 11 is 7.00. The molecule has 1 unspecified atom stereocenters. The van der Waals surface area contributed by atoms with Crippen molar-refractivity contribution in [3.8, 4) is 6.07 Å². The molecule has 4 rings (SSSR count). The van der Waals surface area contributed by atoms with Gasteiger partial charge < -0.3 is 4.90 Å². The lowest BCUT2D eigenvalue weighted by Crippen LogP contribution is -2.40. The van der Waals surface area contributed by atoms with E-state index >= 15 is 0 Å². The molecule has 0 aromatic carbocycles. The Bertz CT molecular complexity index is 1110. The summed E-state index contributed by atoms with van der Waals surface area (Å²) in [4.78, 5) is 31.5. The number of hydrogen-bond donors (Lipinski definition) is 0. The number of thiocarbonyl (C=S) groups is 1. The first-order valence-corrected chi connectivity index (χ1v) is 13.8. The second kappa shape index (κ2) is 10.7. The highest BCUT2D eigenvalue weighted by molar-refractivity contribution is 8.26. The summed E-state index contributed by atoms with van der Waals surface area (Å²) in [5.74, 6) is 1.33. The monoisotopic (exact) mass is 498 g/mol. The standard InChI is InChI=1S/C26H34N4O2S2/c1-4-12-29-23(28-13-8-9-17(2)16-28)20(18(3)21(15-27)24(29)31)14-22-25(32)30(26(33)34-22)19-10-6-5-7-11-19/h14,17,19H,4-13,16H2,1-3H3. The Morgan fingerprint density at radius 3 is 2.56 bits per heavy atom. The molecule has 34 heavy (non-hydrogen) atoms. The van der Waals surface area contributed by atoms with E-state index in [2.05, 4.69) is 17.9 Å². The smallest absolute Gasteiger partial charge is 0.270 e. The van der Waals surface area contributed by atoms with Gasteiger partial charge in [0.1, 0.15) is 21.8 Å². The summed E-state index contributed by atoms with van der Waals surface area (Å²) in [6.45, 7) is 8.37. The van der Waals surface area contributed by atoms with E-state index in [1.165, 1.54) is 24.6 Å². The highest BCUT2D eigenvalue weighted by atomic mass is 32.2. The molecule has 2 aliphatic heterocycles. The molecule has 1 amide bonds. The van der Waals surface area contributed by atoms with Gasteiger partial charge in [0.2, 0.25) is 0 Å². The minimum absolute atomic E-state index is 0.0361. The van der Waals surface area contributed by atoms with Crippen LogP contribution in [0.5, 0.6) is 0 Å². The number of hydrogen-bond acceptors (Lipinski definition) is 6. The summed E-state index contributed by atoms with van der Waals surface area (Å²) < 4.78 is 2.38. The number of thioether (sulfide) groups is 1. The van der Waals surface area contributed by atoms with Crippen molar-refractivity contribution in [2.75, 3.05) is 18.0 Å². The third kappa shape index (κ3) is 4.70. The molecule has 0 N–H and O–H groups in total. The largest absolute Gasteiger partial charge is 0.357 e. The Morgan fingerprint density at radius 2 is 1.91 bits per heavy atom. The third-order valence-corrected chi connectivity index (χ3v) is 8.62. The molecule has 1 aromatic rings. The maximum Gasteiger partial charge on any atom is 0.270 e. The lowest BCUT2D eigenvalue weighted by Gasteiger charge is -2.36. The molecule has 0 spiro atoms. The Hall–Kier alpha value is -2.11. The number of carbonyl (C=O) groups is 1. The van der Waals surface area contributed by atoms with Gasteiger partial charge in [-0.25, -0.2) is 0 Å². The van der Waals surface area contributed by atoms with Crippen LogP contribution in [0.25, 0.3) is 6.08 Å². The van der Waals surface area contributed by atoms with E-state index in [-0.39, 0.29) is 23.1 Å². The predicted molar refractivity (Wildman–Crippen MR) is 143 cm³/mol.